The number of nitrogens with one attached hydrogen (secondary N) is 3. The lowest BCUT2D eigenvalue weighted by Crippen LogP contribution is -2.26. The molecule has 9 nitrogen and oxygen atoms in total. The number of amides is 1. The number of aromatic nitrogens is 2. The van der Waals surface area contributed by atoms with Crippen molar-refractivity contribution < 1.29 is 9.72 Å². The van der Waals surface area contributed by atoms with Crippen LogP contribution in [0.5, 0.6) is 0 Å². The third-order valence-electron chi connectivity index (χ3n) is 2.26. The summed E-state index contributed by atoms with van der Waals surface area (Å²) in [4.78, 5) is 29.1. The molecule has 0 spiro atoms. The Hall–Kier alpha value is -2.45. The molecule has 1 heterocycles. The molecule has 0 fully saturated rings. The fourth-order valence-electron chi connectivity index (χ4n) is 1.44. The first-order valence-electron chi connectivity index (χ1n) is 5.64. The van der Waals surface area contributed by atoms with Crippen molar-refractivity contribution in [2.75, 3.05) is 30.8 Å². The summed E-state index contributed by atoms with van der Waals surface area (Å²) < 4.78 is 0. The van der Waals surface area contributed by atoms with Crippen molar-refractivity contribution in [2.24, 2.45) is 0 Å². The molecule has 1 aromatic heterocycles. The van der Waals surface area contributed by atoms with E-state index in [9.17, 15) is 14.9 Å². The van der Waals surface area contributed by atoms with Crippen LogP contribution in [0.25, 0.3) is 0 Å². The molecule has 19 heavy (non-hydrogen) atoms. The van der Waals surface area contributed by atoms with Crippen LogP contribution in [0, 0.1) is 17.0 Å². The van der Waals surface area contributed by atoms with Crippen molar-refractivity contribution in [2.45, 2.75) is 13.8 Å². The molecule has 0 aliphatic rings. The van der Waals surface area contributed by atoms with Gasteiger partial charge in [0.15, 0.2) is 0 Å². The van der Waals surface area contributed by atoms with E-state index >= 15 is 0 Å². The molecule has 0 aliphatic carbocycles. The zero-order valence-corrected chi connectivity index (χ0v) is 11.0. The van der Waals surface area contributed by atoms with E-state index in [4.69, 9.17) is 0 Å². The van der Waals surface area contributed by atoms with E-state index < -0.39 is 4.92 Å². The summed E-state index contributed by atoms with van der Waals surface area (Å²) in [7, 11) is 1.63. The van der Waals surface area contributed by atoms with Crippen molar-refractivity contribution in [1.82, 2.24) is 15.3 Å². The Balaban J connectivity index is 2.87. The Morgan fingerprint density at radius 1 is 1.37 bits per heavy atom. The quantitative estimate of drug-likeness (QED) is 0.385. The van der Waals surface area contributed by atoms with E-state index in [0.29, 0.717) is 19.0 Å². The molecule has 0 aliphatic heterocycles. The monoisotopic (exact) mass is 268 g/mol. The van der Waals surface area contributed by atoms with Gasteiger partial charge < -0.3 is 16.0 Å². The van der Waals surface area contributed by atoms with Gasteiger partial charge in [0.2, 0.25) is 17.7 Å². The minimum atomic E-state index is -0.532. The summed E-state index contributed by atoms with van der Waals surface area (Å²) in [5.41, 5.74) is 0.105. The molecule has 1 rings (SSSR count). The fourth-order valence-corrected chi connectivity index (χ4v) is 1.44. The minimum Gasteiger partial charge on any atom is -0.362 e. The van der Waals surface area contributed by atoms with Crippen LogP contribution < -0.4 is 16.0 Å². The maximum Gasteiger partial charge on any atom is 0.332 e. The molecule has 0 radical (unpaired) electrons. The van der Waals surface area contributed by atoms with Gasteiger partial charge >= 0.3 is 5.69 Å². The SMILES string of the molecule is CNc1nc(C)c([N+](=O)[O-])c(NCCNC(C)=O)n1. The third-order valence-corrected chi connectivity index (χ3v) is 2.26. The molecule has 9 heteroatoms. The molecular formula is C10H16N6O3. The van der Waals surface area contributed by atoms with Gasteiger partial charge in [-0.05, 0) is 6.92 Å². The van der Waals surface area contributed by atoms with Gasteiger partial charge in [-0.1, -0.05) is 0 Å². The van der Waals surface area contributed by atoms with Gasteiger partial charge in [-0.15, -0.1) is 0 Å². The summed E-state index contributed by atoms with van der Waals surface area (Å²) in [5, 5.41) is 19.1. The Bertz CT molecular complexity index is 490. The number of hydrogen-bond donors (Lipinski definition) is 3. The lowest BCUT2D eigenvalue weighted by Gasteiger charge is -2.09. The highest BCUT2D eigenvalue weighted by Crippen LogP contribution is 2.25. The smallest absolute Gasteiger partial charge is 0.332 e. The van der Waals surface area contributed by atoms with Crippen LogP contribution in [0.15, 0.2) is 0 Å². The highest BCUT2D eigenvalue weighted by molar-refractivity contribution is 5.72. The van der Waals surface area contributed by atoms with Crippen LogP contribution in [-0.4, -0.2) is 40.9 Å². The van der Waals surface area contributed by atoms with Gasteiger partial charge in [-0.3, -0.25) is 14.9 Å². The van der Waals surface area contributed by atoms with E-state index in [0.717, 1.165) is 0 Å². The van der Waals surface area contributed by atoms with Crippen molar-refractivity contribution >= 4 is 23.4 Å². The molecule has 0 saturated heterocycles. The number of anilines is 2. The second kappa shape index (κ2) is 6.47. The van der Waals surface area contributed by atoms with Crippen LogP contribution in [0.4, 0.5) is 17.5 Å². The predicted molar refractivity (Wildman–Crippen MR) is 70.1 cm³/mol. The predicted octanol–water partition coefficient (Wildman–Crippen LogP) is 0.283. The number of carbonyl (C=O) groups is 1. The van der Waals surface area contributed by atoms with Gasteiger partial charge in [0, 0.05) is 27.1 Å². The van der Waals surface area contributed by atoms with Crippen LogP contribution in [0.3, 0.4) is 0 Å². The second-order valence-corrected chi connectivity index (χ2v) is 3.75. The number of nitro groups is 1. The standard InChI is InChI=1S/C10H16N6O3/c1-6-8(16(18)19)9(15-10(11-3)14-6)13-5-4-12-7(2)17/h4-5H2,1-3H3,(H,12,17)(H2,11,13,14,15). The first kappa shape index (κ1) is 14.6. The van der Waals surface area contributed by atoms with Crippen molar-refractivity contribution in [3.63, 3.8) is 0 Å². The lowest BCUT2D eigenvalue weighted by atomic mass is 10.3. The molecule has 1 aromatic rings. The lowest BCUT2D eigenvalue weighted by molar-refractivity contribution is -0.385. The molecular weight excluding hydrogens is 252 g/mol. The van der Waals surface area contributed by atoms with Crippen molar-refractivity contribution in [3.8, 4) is 0 Å². The Morgan fingerprint density at radius 3 is 2.58 bits per heavy atom. The molecule has 0 atom stereocenters. The largest absolute Gasteiger partial charge is 0.362 e. The van der Waals surface area contributed by atoms with E-state index in [2.05, 4.69) is 25.9 Å². The number of carbonyl (C=O) groups excluding carboxylic acids is 1. The van der Waals surface area contributed by atoms with Crippen molar-refractivity contribution in [1.29, 1.82) is 0 Å². The molecule has 0 unspecified atom stereocenters. The van der Waals surface area contributed by atoms with Gasteiger partial charge in [0.1, 0.15) is 5.69 Å². The van der Waals surface area contributed by atoms with Crippen LogP contribution in [0.1, 0.15) is 12.6 Å². The molecule has 0 saturated carbocycles. The zero-order valence-electron chi connectivity index (χ0n) is 11.0. The zero-order chi connectivity index (χ0) is 14.4. The van der Waals surface area contributed by atoms with Crippen LogP contribution in [0.2, 0.25) is 0 Å². The van der Waals surface area contributed by atoms with E-state index in [1.54, 1.807) is 14.0 Å². The van der Waals surface area contributed by atoms with Gasteiger partial charge in [0.25, 0.3) is 0 Å². The maximum atomic E-state index is 11.0. The molecule has 1 amide bonds. The van der Waals surface area contributed by atoms with Gasteiger partial charge in [-0.2, -0.15) is 4.98 Å². The summed E-state index contributed by atoms with van der Waals surface area (Å²) in [6, 6.07) is 0. The summed E-state index contributed by atoms with van der Waals surface area (Å²) in [6.45, 7) is 3.63. The van der Waals surface area contributed by atoms with Crippen LogP contribution in [-0.2, 0) is 4.79 Å². The second-order valence-electron chi connectivity index (χ2n) is 3.75. The van der Waals surface area contributed by atoms with Crippen molar-refractivity contribution in [3.05, 3.63) is 15.8 Å². The minimum absolute atomic E-state index is 0.132. The highest BCUT2D eigenvalue weighted by Gasteiger charge is 2.21. The normalized spacial score (nSPS) is 9.84. The number of nitrogens with zero attached hydrogens (tertiary/aromatic N) is 3. The van der Waals surface area contributed by atoms with Gasteiger partial charge in [-0.25, -0.2) is 4.98 Å². The molecule has 104 valence electrons. The average molecular weight is 268 g/mol. The Morgan fingerprint density at radius 2 is 2.05 bits per heavy atom. The van der Waals surface area contributed by atoms with E-state index in [1.807, 2.05) is 0 Å². The third kappa shape index (κ3) is 4.05. The molecule has 3 N–H and O–H groups in total. The highest BCUT2D eigenvalue weighted by atomic mass is 16.6. The van der Waals surface area contributed by atoms with Gasteiger partial charge in [0.05, 0.1) is 4.92 Å². The molecule has 0 aromatic carbocycles. The number of hydrogen-bond acceptors (Lipinski definition) is 7. The van der Waals surface area contributed by atoms with Crippen LogP contribution >= 0.6 is 0 Å². The number of aryl methyl sites for hydroxylation is 1. The summed E-state index contributed by atoms with van der Waals surface area (Å²) >= 11 is 0. The summed E-state index contributed by atoms with van der Waals surface area (Å²) in [6.07, 6.45) is 0. The maximum absolute atomic E-state index is 11.0. The first-order valence-corrected chi connectivity index (χ1v) is 5.64. The Labute approximate surface area is 110 Å². The fraction of sp³-hybridized carbons (Fsp3) is 0.500. The summed E-state index contributed by atoms with van der Waals surface area (Å²) in [5.74, 6) is 0.267. The first-order chi connectivity index (χ1) is 8.95. The Kier molecular flexibility index (Phi) is 4.98. The average Bonchev–Trinajstić information content (AvgIpc) is 2.33. The number of rotatable bonds is 6. The van der Waals surface area contributed by atoms with E-state index in [1.165, 1.54) is 6.92 Å². The molecule has 0 bridgehead atoms. The van der Waals surface area contributed by atoms with E-state index in [-0.39, 0.29) is 23.1 Å². The topological polar surface area (TPSA) is 122 Å².